The maximum absolute atomic E-state index is 11.3. The molecule has 0 heterocycles. The summed E-state index contributed by atoms with van der Waals surface area (Å²) in [5.74, 6) is -0.0149. The van der Waals surface area contributed by atoms with Crippen molar-refractivity contribution in [1.82, 2.24) is 0 Å². The largest absolute Gasteiger partial charge is 0.507 e. The van der Waals surface area contributed by atoms with Crippen LogP contribution in [-0.2, 0) is 0 Å². The van der Waals surface area contributed by atoms with Crippen LogP contribution in [0.3, 0.4) is 0 Å². The molecule has 0 bridgehead atoms. The van der Waals surface area contributed by atoms with Crippen molar-refractivity contribution in [1.29, 1.82) is 0 Å². The molecule has 0 spiro atoms. The number of carbonyl (C=O) groups excluding carboxylic acids is 1. The third-order valence-electron chi connectivity index (χ3n) is 2.11. The first-order valence-electron chi connectivity index (χ1n) is 4.48. The summed E-state index contributed by atoms with van der Waals surface area (Å²) in [5, 5.41) is 9.44. The molecule has 0 aromatic heterocycles. The number of ketones is 1. The molecule has 0 unspecified atom stereocenters. The van der Waals surface area contributed by atoms with Gasteiger partial charge in [0.1, 0.15) is 5.75 Å². The Morgan fingerprint density at radius 1 is 1.50 bits per heavy atom. The predicted octanol–water partition coefficient (Wildman–Crippen LogP) is 2.94. The molecule has 1 aromatic rings. The van der Waals surface area contributed by atoms with Gasteiger partial charge in [-0.05, 0) is 23.6 Å². The third kappa shape index (κ3) is 2.26. The van der Waals surface area contributed by atoms with Crippen molar-refractivity contribution in [3.05, 3.63) is 29.3 Å². The topological polar surface area (TPSA) is 37.3 Å². The van der Waals surface area contributed by atoms with Crippen molar-refractivity contribution in [3.63, 3.8) is 0 Å². The quantitative estimate of drug-likeness (QED) is 0.618. The first-order valence-corrected chi connectivity index (χ1v) is 5.01. The second-order valence-electron chi connectivity index (χ2n) is 3.49. The van der Waals surface area contributed by atoms with Gasteiger partial charge < -0.3 is 5.11 Å². The molecule has 0 fully saturated rings. The molecule has 0 saturated heterocycles. The van der Waals surface area contributed by atoms with E-state index in [0.717, 1.165) is 5.56 Å². The molecule has 76 valence electrons. The van der Waals surface area contributed by atoms with Crippen molar-refractivity contribution in [2.24, 2.45) is 0 Å². The Hall–Kier alpha value is -1.02. The standard InChI is InChI=1S/C11H13ClO2/c1-7(2)8-3-4-10(13)9(5-8)11(14)6-12/h3-5,7,13H,6H2,1-2H3. The monoisotopic (exact) mass is 212 g/mol. The average Bonchev–Trinajstić information content (AvgIpc) is 2.17. The van der Waals surface area contributed by atoms with Crippen molar-refractivity contribution in [3.8, 4) is 5.75 Å². The first-order chi connectivity index (χ1) is 6.56. The third-order valence-corrected chi connectivity index (χ3v) is 2.35. The van der Waals surface area contributed by atoms with Crippen molar-refractivity contribution in [2.45, 2.75) is 19.8 Å². The van der Waals surface area contributed by atoms with Crippen LogP contribution in [0.1, 0.15) is 35.7 Å². The van der Waals surface area contributed by atoms with Crippen molar-refractivity contribution < 1.29 is 9.90 Å². The van der Waals surface area contributed by atoms with Gasteiger partial charge in [0.25, 0.3) is 0 Å². The van der Waals surface area contributed by atoms with Gasteiger partial charge in [-0.1, -0.05) is 19.9 Å². The van der Waals surface area contributed by atoms with Crippen LogP contribution in [0.4, 0.5) is 0 Å². The maximum atomic E-state index is 11.3. The molecule has 0 atom stereocenters. The van der Waals surface area contributed by atoms with E-state index in [1.165, 1.54) is 6.07 Å². The molecular formula is C11H13ClO2. The normalized spacial score (nSPS) is 10.6. The number of phenolic OH excluding ortho intramolecular Hbond substituents is 1. The molecule has 0 aliphatic rings. The summed E-state index contributed by atoms with van der Waals surface area (Å²) < 4.78 is 0. The van der Waals surface area contributed by atoms with Crippen LogP contribution in [0, 0.1) is 0 Å². The van der Waals surface area contributed by atoms with E-state index in [1.807, 2.05) is 19.9 Å². The number of aromatic hydroxyl groups is 1. The number of carbonyl (C=O) groups is 1. The summed E-state index contributed by atoms with van der Waals surface area (Å²) in [6, 6.07) is 5.05. The number of hydrogen-bond donors (Lipinski definition) is 1. The van der Waals surface area contributed by atoms with Crippen LogP contribution in [-0.4, -0.2) is 16.8 Å². The molecule has 14 heavy (non-hydrogen) atoms. The number of halogens is 1. The molecular weight excluding hydrogens is 200 g/mol. The van der Waals surface area contributed by atoms with E-state index in [1.54, 1.807) is 6.07 Å². The Kier molecular flexibility index (Phi) is 3.53. The predicted molar refractivity (Wildman–Crippen MR) is 57.2 cm³/mol. The van der Waals surface area contributed by atoms with E-state index < -0.39 is 0 Å². The van der Waals surface area contributed by atoms with Crippen molar-refractivity contribution >= 4 is 17.4 Å². The lowest BCUT2D eigenvalue weighted by Crippen LogP contribution is -2.02. The van der Waals surface area contributed by atoms with Crippen LogP contribution in [0.5, 0.6) is 5.75 Å². The molecule has 0 aliphatic carbocycles. The minimum Gasteiger partial charge on any atom is -0.507 e. The molecule has 2 nitrogen and oxygen atoms in total. The lowest BCUT2D eigenvalue weighted by atomic mass is 9.99. The van der Waals surface area contributed by atoms with Crippen LogP contribution in [0.2, 0.25) is 0 Å². The maximum Gasteiger partial charge on any atom is 0.181 e. The Labute approximate surface area is 88.5 Å². The molecule has 0 saturated carbocycles. The van der Waals surface area contributed by atoms with E-state index in [0.29, 0.717) is 11.5 Å². The van der Waals surface area contributed by atoms with E-state index in [9.17, 15) is 9.90 Å². The van der Waals surface area contributed by atoms with Gasteiger partial charge in [-0.3, -0.25) is 4.79 Å². The van der Waals surface area contributed by atoms with Crippen molar-refractivity contribution in [2.75, 3.05) is 5.88 Å². The molecule has 0 aliphatic heterocycles. The smallest absolute Gasteiger partial charge is 0.181 e. The zero-order valence-electron chi connectivity index (χ0n) is 8.25. The lowest BCUT2D eigenvalue weighted by Gasteiger charge is -2.08. The minimum absolute atomic E-state index is 0.0000463. The number of Topliss-reactive ketones (excluding diaryl/α,β-unsaturated/α-hetero) is 1. The number of rotatable bonds is 3. The molecule has 0 radical (unpaired) electrons. The van der Waals surface area contributed by atoms with E-state index in [-0.39, 0.29) is 17.4 Å². The average molecular weight is 213 g/mol. The number of alkyl halides is 1. The second-order valence-corrected chi connectivity index (χ2v) is 3.76. The van der Waals surface area contributed by atoms with Gasteiger partial charge in [-0.2, -0.15) is 0 Å². The van der Waals surface area contributed by atoms with E-state index in [4.69, 9.17) is 11.6 Å². The van der Waals surface area contributed by atoms with Gasteiger partial charge in [-0.15, -0.1) is 11.6 Å². The van der Waals surface area contributed by atoms with Gasteiger partial charge in [-0.25, -0.2) is 0 Å². The summed E-state index contributed by atoms with van der Waals surface area (Å²) in [4.78, 5) is 11.3. The summed E-state index contributed by atoms with van der Waals surface area (Å²) in [5.41, 5.74) is 1.34. The highest BCUT2D eigenvalue weighted by Crippen LogP contribution is 2.23. The first kappa shape index (κ1) is 11.1. The Morgan fingerprint density at radius 2 is 2.14 bits per heavy atom. The van der Waals surface area contributed by atoms with Crippen LogP contribution < -0.4 is 0 Å². The summed E-state index contributed by atoms with van der Waals surface area (Å²) >= 11 is 5.43. The van der Waals surface area contributed by atoms with E-state index in [2.05, 4.69) is 0 Å². The highest BCUT2D eigenvalue weighted by molar-refractivity contribution is 6.30. The molecule has 1 N–H and O–H groups in total. The van der Waals surface area contributed by atoms with Crippen LogP contribution in [0.15, 0.2) is 18.2 Å². The van der Waals surface area contributed by atoms with Crippen LogP contribution >= 0.6 is 11.6 Å². The Morgan fingerprint density at radius 3 is 2.64 bits per heavy atom. The highest BCUT2D eigenvalue weighted by atomic mass is 35.5. The van der Waals surface area contributed by atoms with Gasteiger partial charge in [0, 0.05) is 0 Å². The van der Waals surface area contributed by atoms with Gasteiger partial charge >= 0.3 is 0 Å². The van der Waals surface area contributed by atoms with Gasteiger partial charge in [0.15, 0.2) is 5.78 Å². The van der Waals surface area contributed by atoms with E-state index >= 15 is 0 Å². The number of benzene rings is 1. The Bertz CT molecular complexity index is 345. The fourth-order valence-corrected chi connectivity index (χ4v) is 1.35. The second kappa shape index (κ2) is 4.47. The molecule has 0 amide bonds. The highest BCUT2D eigenvalue weighted by Gasteiger charge is 2.11. The summed E-state index contributed by atoms with van der Waals surface area (Å²) in [7, 11) is 0. The lowest BCUT2D eigenvalue weighted by molar-refractivity contribution is 0.101. The molecule has 3 heteroatoms. The molecule has 1 rings (SSSR count). The number of hydrogen-bond acceptors (Lipinski definition) is 2. The Balaban J connectivity index is 3.15. The minimum atomic E-state index is -0.244. The summed E-state index contributed by atoms with van der Waals surface area (Å²) in [6.45, 7) is 4.06. The fourth-order valence-electron chi connectivity index (χ4n) is 1.21. The summed E-state index contributed by atoms with van der Waals surface area (Å²) in [6.07, 6.45) is 0. The zero-order valence-corrected chi connectivity index (χ0v) is 9.01. The molecule has 1 aromatic carbocycles. The number of phenols is 1. The van der Waals surface area contributed by atoms with Crippen LogP contribution in [0.25, 0.3) is 0 Å². The van der Waals surface area contributed by atoms with Gasteiger partial charge in [0.05, 0.1) is 11.4 Å². The SMILES string of the molecule is CC(C)c1ccc(O)c(C(=O)CCl)c1. The fraction of sp³-hybridized carbons (Fsp3) is 0.364. The van der Waals surface area contributed by atoms with Gasteiger partial charge in [0.2, 0.25) is 0 Å². The zero-order chi connectivity index (χ0) is 10.7.